The quantitative estimate of drug-likeness (QED) is 0.466. The molecule has 0 aromatic heterocycles. The minimum atomic E-state index is -0.242. The topological polar surface area (TPSA) is 62.3 Å². The zero-order valence-electron chi connectivity index (χ0n) is 14.6. The third-order valence-corrected chi connectivity index (χ3v) is 3.30. The van der Waals surface area contributed by atoms with E-state index in [4.69, 9.17) is 9.47 Å². The smallest absolute Gasteiger partial charge is 0.319 e. The van der Waals surface area contributed by atoms with Crippen LogP contribution in [0.4, 0.5) is 0 Å². The maximum absolute atomic E-state index is 11.5. The average molecular weight is 317 g/mol. The highest BCUT2D eigenvalue weighted by molar-refractivity contribution is 5.71. The summed E-state index contributed by atoms with van der Waals surface area (Å²) in [4.78, 5) is 29.1. The molecule has 0 radical (unpaired) electrons. The maximum Gasteiger partial charge on any atom is 0.319 e. The molecule has 0 fully saturated rings. The third-order valence-electron chi connectivity index (χ3n) is 3.30. The predicted molar refractivity (Wildman–Crippen MR) is 85.8 cm³/mol. The molecule has 0 aromatic carbocycles. The van der Waals surface area contributed by atoms with Gasteiger partial charge >= 0.3 is 11.9 Å². The highest BCUT2D eigenvalue weighted by Gasteiger charge is 2.15. The molecule has 130 valence electrons. The van der Waals surface area contributed by atoms with Crippen molar-refractivity contribution in [2.24, 2.45) is 0 Å². The minimum absolute atomic E-state index is 0.235. The molecule has 7 nitrogen and oxygen atoms in total. The van der Waals surface area contributed by atoms with Crippen LogP contribution >= 0.6 is 0 Å². The minimum Gasteiger partial charge on any atom is -0.468 e. The molecule has 0 spiro atoms. The predicted octanol–water partition coefficient (Wildman–Crippen LogP) is -0.0920. The van der Waals surface area contributed by atoms with E-state index in [1.807, 2.05) is 23.9 Å². The van der Waals surface area contributed by atoms with Crippen molar-refractivity contribution in [3.63, 3.8) is 0 Å². The normalized spacial score (nSPS) is 11.3. The first-order chi connectivity index (χ1) is 10.4. The highest BCUT2D eigenvalue weighted by atomic mass is 16.5. The van der Waals surface area contributed by atoms with Crippen molar-refractivity contribution in [2.75, 3.05) is 74.1 Å². The van der Waals surface area contributed by atoms with E-state index in [-0.39, 0.29) is 25.0 Å². The molecule has 0 aromatic rings. The monoisotopic (exact) mass is 317 g/mol. The summed E-state index contributed by atoms with van der Waals surface area (Å²) in [7, 11) is 6.79. The van der Waals surface area contributed by atoms with Gasteiger partial charge in [-0.25, -0.2) is 0 Å². The van der Waals surface area contributed by atoms with Gasteiger partial charge in [0.15, 0.2) is 0 Å². The molecule has 7 heteroatoms. The summed E-state index contributed by atoms with van der Waals surface area (Å²) in [5.41, 5.74) is 0. The molecule has 0 N–H and O–H groups in total. The number of esters is 2. The summed E-state index contributed by atoms with van der Waals surface area (Å²) < 4.78 is 9.46. The first kappa shape index (κ1) is 20.8. The molecule has 0 rings (SSSR count). The van der Waals surface area contributed by atoms with Crippen LogP contribution in [0.3, 0.4) is 0 Å². The van der Waals surface area contributed by atoms with Gasteiger partial charge < -0.3 is 14.4 Å². The Morgan fingerprint density at radius 2 is 1.18 bits per heavy atom. The Kier molecular flexibility index (Phi) is 11.7. The molecule has 0 amide bonds. The van der Waals surface area contributed by atoms with Crippen molar-refractivity contribution in [3.05, 3.63) is 0 Å². The number of hydrogen-bond acceptors (Lipinski definition) is 7. The SMILES string of the molecule is CCCN(CCN(CCN(C)C)CC(=O)OC)CC(=O)OC. The van der Waals surface area contributed by atoms with Gasteiger partial charge in [0.05, 0.1) is 27.3 Å². The van der Waals surface area contributed by atoms with Crippen molar-refractivity contribution in [2.45, 2.75) is 13.3 Å². The Morgan fingerprint density at radius 3 is 1.55 bits per heavy atom. The lowest BCUT2D eigenvalue weighted by Crippen LogP contribution is -2.42. The molecule has 0 heterocycles. The zero-order chi connectivity index (χ0) is 17.0. The third kappa shape index (κ3) is 10.5. The van der Waals surface area contributed by atoms with Crippen molar-refractivity contribution in [1.29, 1.82) is 0 Å². The Hall–Kier alpha value is -1.18. The van der Waals surface area contributed by atoms with E-state index in [0.717, 1.165) is 26.1 Å². The molecule has 0 bridgehead atoms. The van der Waals surface area contributed by atoms with Gasteiger partial charge in [-0.05, 0) is 27.1 Å². The van der Waals surface area contributed by atoms with Gasteiger partial charge in [-0.15, -0.1) is 0 Å². The lowest BCUT2D eigenvalue weighted by Gasteiger charge is -2.27. The summed E-state index contributed by atoms with van der Waals surface area (Å²) in [5, 5.41) is 0. The van der Waals surface area contributed by atoms with E-state index in [1.165, 1.54) is 14.2 Å². The fraction of sp³-hybridized carbons (Fsp3) is 0.867. The van der Waals surface area contributed by atoms with Crippen LogP contribution in [0.5, 0.6) is 0 Å². The molecule has 22 heavy (non-hydrogen) atoms. The Bertz CT molecular complexity index is 324. The average Bonchev–Trinajstić information content (AvgIpc) is 2.49. The number of carbonyl (C=O) groups excluding carboxylic acids is 2. The molecule has 0 saturated carbocycles. The Morgan fingerprint density at radius 1 is 0.773 bits per heavy atom. The number of carbonyl (C=O) groups is 2. The molecular formula is C15H31N3O4. The van der Waals surface area contributed by atoms with Crippen LogP contribution in [0.15, 0.2) is 0 Å². The number of rotatable bonds is 12. The molecule has 0 aliphatic heterocycles. The second kappa shape index (κ2) is 12.4. The zero-order valence-corrected chi connectivity index (χ0v) is 14.6. The van der Waals surface area contributed by atoms with Gasteiger partial charge in [0.2, 0.25) is 0 Å². The molecule has 0 unspecified atom stereocenters. The van der Waals surface area contributed by atoms with E-state index in [1.54, 1.807) is 0 Å². The fourth-order valence-electron chi connectivity index (χ4n) is 1.97. The second-order valence-electron chi connectivity index (χ2n) is 5.51. The van der Waals surface area contributed by atoms with E-state index >= 15 is 0 Å². The molecular weight excluding hydrogens is 286 g/mol. The summed E-state index contributed by atoms with van der Waals surface area (Å²) in [6, 6.07) is 0. The Labute approximate surface area is 134 Å². The van der Waals surface area contributed by atoms with Gasteiger partial charge in [0.1, 0.15) is 0 Å². The number of likely N-dealkylation sites (N-methyl/N-ethyl adjacent to an activating group) is 1. The van der Waals surface area contributed by atoms with Crippen LogP contribution in [-0.4, -0.2) is 101 Å². The first-order valence-corrected chi connectivity index (χ1v) is 7.66. The summed E-state index contributed by atoms with van der Waals surface area (Å²) in [5.74, 6) is -0.477. The van der Waals surface area contributed by atoms with E-state index in [2.05, 4.69) is 11.8 Å². The van der Waals surface area contributed by atoms with Crippen molar-refractivity contribution in [3.8, 4) is 0 Å². The number of nitrogens with zero attached hydrogens (tertiary/aromatic N) is 3. The van der Waals surface area contributed by atoms with Gasteiger partial charge in [0.25, 0.3) is 0 Å². The van der Waals surface area contributed by atoms with Crippen LogP contribution in [0.1, 0.15) is 13.3 Å². The summed E-state index contributed by atoms with van der Waals surface area (Å²) in [6.07, 6.45) is 0.964. The molecule has 0 atom stereocenters. The number of methoxy groups -OCH3 is 2. The van der Waals surface area contributed by atoms with E-state index < -0.39 is 0 Å². The summed E-state index contributed by atoms with van der Waals surface area (Å²) >= 11 is 0. The fourth-order valence-corrected chi connectivity index (χ4v) is 1.97. The second-order valence-corrected chi connectivity index (χ2v) is 5.51. The van der Waals surface area contributed by atoms with Gasteiger partial charge in [-0.2, -0.15) is 0 Å². The van der Waals surface area contributed by atoms with Crippen molar-refractivity contribution in [1.82, 2.24) is 14.7 Å². The summed E-state index contributed by atoms with van der Waals surface area (Å²) in [6.45, 7) is 6.51. The maximum atomic E-state index is 11.5. The highest BCUT2D eigenvalue weighted by Crippen LogP contribution is 1.97. The number of hydrogen-bond donors (Lipinski definition) is 0. The molecule has 0 saturated heterocycles. The van der Waals surface area contributed by atoms with E-state index in [9.17, 15) is 9.59 Å². The van der Waals surface area contributed by atoms with Crippen LogP contribution in [0, 0.1) is 0 Å². The first-order valence-electron chi connectivity index (χ1n) is 7.66. The van der Waals surface area contributed by atoms with Crippen LogP contribution in [0.25, 0.3) is 0 Å². The number of ether oxygens (including phenoxy) is 2. The van der Waals surface area contributed by atoms with Crippen LogP contribution in [0.2, 0.25) is 0 Å². The lowest BCUT2D eigenvalue weighted by atomic mass is 10.3. The lowest BCUT2D eigenvalue weighted by molar-refractivity contribution is -0.143. The largest absolute Gasteiger partial charge is 0.468 e. The van der Waals surface area contributed by atoms with Gasteiger partial charge in [-0.1, -0.05) is 6.92 Å². The molecule has 0 aliphatic rings. The van der Waals surface area contributed by atoms with E-state index in [0.29, 0.717) is 13.1 Å². The Balaban J connectivity index is 4.45. The van der Waals surface area contributed by atoms with Crippen LogP contribution < -0.4 is 0 Å². The van der Waals surface area contributed by atoms with Gasteiger partial charge in [-0.3, -0.25) is 19.4 Å². The van der Waals surface area contributed by atoms with Gasteiger partial charge in [0, 0.05) is 26.2 Å². The molecule has 0 aliphatic carbocycles. The van der Waals surface area contributed by atoms with Crippen molar-refractivity contribution < 1.29 is 19.1 Å². The van der Waals surface area contributed by atoms with Crippen LogP contribution in [-0.2, 0) is 19.1 Å². The standard InChI is InChI=1S/C15H31N3O4/c1-6-7-17(12-14(19)21-4)10-11-18(9-8-16(2)3)13-15(20)22-5/h6-13H2,1-5H3. The van der Waals surface area contributed by atoms with Crippen molar-refractivity contribution >= 4 is 11.9 Å².